The van der Waals surface area contributed by atoms with Crippen LogP contribution in [0.2, 0.25) is 0 Å². The Balaban J connectivity index is 1.69. The molecule has 1 unspecified atom stereocenters. The maximum atomic E-state index is 12.3. The second kappa shape index (κ2) is 7.49. The number of aromatic nitrogens is 1. The van der Waals surface area contributed by atoms with E-state index in [-0.39, 0.29) is 17.8 Å². The summed E-state index contributed by atoms with van der Waals surface area (Å²) in [6.45, 7) is 1.91. The van der Waals surface area contributed by atoms with Crippen LogP contribution in [0.1, 0.15) is 13.3 Å². The van der Waals surface area contributed by atoms with Crippen LogP contribution in [-0.4, -0.2) is 35.2 Å². The molecule has 1 fully saturated rings. The number of para-hydroxylation sites is 1. The van der Waals surface area contributed by atoms with E-state index in [1.54, 1.807) is 25.2 Å². The number of carbonyl (C=O) groups excluding carboxylic acids is 2. The van der Waals surface area contributed by atoms with Gasteiger partial charge in [0, 0.05) is 18.8 Å². The Bertz CT molecular complexity index is 826. The van der Waals surface area contributed by atoms with Crippen LogP contribution in [0, 0.1) is 0 Å². The van der Waals surface area contributed by atoms with Gasteiger partial charge in [-0.25, -0.2) is 9.78 Å². The van der Waals surface area contributed by atoms with Gasteiger partial charge >= 0.3 is 6.09 Å². The summed E-state index contributed by atoms with van der Waals surface area (Å²) in [5, 5.41) is 3.31. The molecule has 26 heavy (non-hydrogen) atoms. The van der Waals surface area contributed by atoms with Crippen molar-refractivity contribution in [3.05, 3.63) is 48.7 Å². The molecule has 2 aromatic rings. The molecular formula is C18H18N4O3S. The minimum Gasteiger partial charge on any atom is -0.391 e. The average Bonchev–Trinajstić information content (AvgIpc) is 2.96. The number of carbonyl (C=O) groups is 2. The smallest absolute Gasteiger partial charge is 0.391 e. The van der Waals surface area contributed by atoms with E-state index < -0.39 is 6.09 Å². The summed E-state index contributed by atoms with van der Waals surface area (Å²) >= 11 is 5.21. The summed E-state index contributed by atoms with van der Waals surface area (Å²) in [6, 6.07) is 12.0. The molecule has 134 valence electrons. The highest BCUT2D eigenvalue weighted by atomic mass is 32.1. The van der Waals surface area contributed by atoms with Gasteiger partial charge in [-0.2, -0.15) is 0 Å². The fourth-order valence-corrected chi connectivity index (χ4v) is 2.87. The zero-order chi connectivity index (χ0) is 18.7. The van der Waals surface area contributed by atoms with E-state index in [1.165, 1.54) is 22.1 Å². The lowest BCUT2D eigenvalue weighted by atomic mass is 10.2. The number of ether oxygens (including phenoxy) is 1. The number of rotatable bonds is 4. The molecule has 1 aromatic heterocycles. The van der Waals surface area contributed by atoms with Crippen LogP contribution in [0.5, 0.6) is 5.88 Å². The predicted molar refractivity (Wildman–Crippen MR) is 102 cm³/mol. The molecule has 1 atom stereocenters. The number of pyridine rings is 1. The van der Waals surface area contributed by atoms with Gasteiger partial charge in [0.2, 0.25) is 5.88 Å². The van der Waals surface area contributed by atoms with E-state index in [1.807, 2.05) is 25.1 Å². The summed E-state index contributed by atoms with van der Waals surface area (Å²) in [6.07, 6.45) is 1.54. The van der Waals surface area contributed by atoms with Crippen molar-refractivity contribution in [2.45, 2.75) is 19.4 Å². The summed E-state index contributed by atoms with van der Waals surface area (Å²) in [4.78, 5) is 31.4. The van der Waals surface area contributed by atoms with E-state index in [9.17, 15) is 9.59 Å². The van der Waals surface area contributed by atoms with Crippen LogP contribution in [0.15, 0.2) is 48.7 Å². The molecule has 1 saturated heterocycles. The summed E-state index contributed by atoms with van der Waals surface area (Å²) in [5.41, 5.74) is 1.23. The van der Waals surface area contributed by atoms with Crippen molar-refractivity contribution in [3.8, 4) is 5.88 Å². The SMILES string of the molecule is CCC1NC(=S)N(c2ccc(OC(=O)N(C)c3ccccc3)nc2)C1=O. The normalized spacial score (nSPS) is 16.4. The first-order valence-electron chi connectivity index (χ1n) is 8.12. The molecule has 0 aliphatic carbocycles. The molecule has 7 nitrogen and oxygen atoms in total. The van der Waals surface area contributed by atoms with E-state index in [2.05, 4.69) is 10.3 Å². The Labute approximate surface area is 156 Å². The number of amides is 2. The van der Waals surface area contributed by atoms with Gasteiger partial charge in [-0.15, -0.1) is 0 Å². The summed E-state index contributed by atoms with van der Waals surface area (Å²) in [7, 11) is 1.62. The monoisotopic (exact) mass is 370 g/mol. The molecule has 1 aromatic carbocycles. The van der Waals surface area contributed by atoms with Crippen molar-refractivity contribution in [1.82, 2.24) is 10.3 Å². The lowest BCUT2D eigenvalue weighted by Gasteiger charge is -2.17. The topological polar surface area (TPSA) is 74.8 Å². The lowest BCUT2D eigenvalue weighted by molar-refractivity contribution is -0.118. The highest BCUT2D eigenvalue weighted by Crippen LogP contribution is 2.22. The van der Waals surface area contributed by atoms with Gasteiger partial charge in [-0.1, -0.05) is 25.1 Å². The molecule has 1 N–H and O–H groups in total. The van der Waals surface area contributed by atoms with E-state index in [0.717, 1.165) is 0 Å². The highest BCUT2D eigenvalue weighted by molar-refractivity contribution is 7.80. The first-order chi connectivity index (χ1) is 12.5. The number of thiocarbonyl (C=S) groups is 1. The second-order valence-corrected chi connectivity index (χ2v) is 6.09. The van der Waals surface area contributed by atoms with Gasteiger partial charge in [-0.05, 0) is 36.8 Å². The maximum Gasteiger partial charge on any atom is 0.420 e. The molecule has 2 heterocycles. The minimum atomic E-state index is -0.558. The largest absolute Gasteiger partial charge is 0.420 e. The number of nitrogens with zero attached hydrogens (tertiary/aromatic N) is 3. The number of nitrogens with one attached hydrogen (secondary N) is 1. The van der Waals surface area contributed by atoms with Gasteiger partial charge in [0.15, 0.2) is 5.11 Å². The summed E-state index contributed by atoms with van der Waals surface area (Å²) < 4.78 is 5.27. The highest BCUT2D eigenvalue weighted by Gasteiger charge is 2.35. The molecule has 0 spiro atoms. The van der Waals surface area contributed by atoms with Crippen molar-refractivity contribution in [1.29, 1.82) is 0 Å². The van der Waals surface area contributed by atoms with E-state index in [0.29, 0.717) is 22.9 Å². The van der Waals surface area contributed by atoms with Crippen LogP contribution in [-0.2, 0) is 4.79 Å². The Kier molecular flexibility index (Phi) is 5.13. The van der Waals surface area contributed by atoms with Crippen molar-refractivity contribution in [2.24, 2.45) is 0 Å². The van der Waals surface area contributed by atoms with Crippen LogP contribution in [0.25, 0.3) is 0 Å². The van der Waals surface area contributed by atoms with Crippen LogP contribution in [0.3, 0.4) is 0 Å². The average molecular weight is 370 g/mol. The third-order valence-electron chi connectivity index (χ3n) is 4.02. The van der Waals surface area contributed by atoms with Gasteiger partial charge in [0.25, 0.3) is 5.91 Å². The van der Waals surface area contributed by atoms with Crippen molar-refractivity contribution in [3.63, 3.8) is 0 Å². The number of benzene rings is 1. The van der Waals surface area contributed by atoms with Gasteiger partial charge in [-0.3, -0.25) is 14.6 Å². The van der Waals surface area contributed by atoms with E-state index >= 15 is 0 Å². The molecule has 3 rings (SSSR count). The zero-order valence-electron chi connectivity index (χ0n) is 14.4. The minimum absolute atomic E-state index is 0.118. The van der Waals surface area contributed by atoms with Crippen molar-refractivity contribution >= 4 is 40.7 Å². The molecule has 1 aliphatic rings. The Morgan fingerprint density at radius 3 is 2.62 bits per heavy atom. The summed E-state index contributed by atoms with van der Waals surface area (Å²) in [5.74, 6) is 0.0203. The fraction of sp³-hybridized carbons (Fsp3) is 0.222. The molecule has 0 radical (unpaired) electrons. The van der Waals surface area contributed by atoms with Crippen LogP contribution < -0.4 is 19.9 Å². The molecule has 8 heteroatoms. The van der Waals surface area contributed by atoms with Gasteiger partial charge in [0.1, 0.15) is 6.04 Å². The van der Waals surface area contributed by atoms with Crippen LogP contribution in [0.4, 0.5) is 16.2 Å². The quantitative estimate of drug-likeness (QED) is 0.834. The molecule has 0 saturated carbocycles. The first kappa shape index (κ1) is 17.8. The maximum absolute atomic E-state index is 12.3. The first-order valence-corrected chi connectivity index (χ1v) is 8.53. The zero-order valence-corrected chi connectivity index (χ0v) is 15.2. The Morgan fingerprint density at radius 1 is 1.31 bits per heavy atom. The molecule has 2 amide bonds. The fourth-order valence-electron chi connectivity index (χ4n) is 2.53. The predicted octanol–water partition coefficient (Wildman–Crippen LogP) is 2.72. The number of hydrogen-bond donors (Lipinski definition) is 1. The van der Waals surface area contributed by atoms with Crippen molar-refractivity contribution in [2.75, 3.05) is 16.8 Å². The van der Waals surface area contributed by atoms with Gasteiger partial charge < -0.3 is 10.1 Å². The number of hydrogen-bond acceptors (Lipinski definition) is 5. The molecular weight excluding hydrogens is 352 g/mol. The van der Waals surface area contributed by atoms with E-state index in [4.69, 9.17) is 17.0 Å². The lowest BCUT2D eigenvalue weighted by Crippen LogP contribution is -2.31. The molecule has 1 aliphatic heterocycles. The number of anilines is 2. The Morgan fingerprint density at radius 2 is 2.04 bits per heavy atom. The molecule has 0 bridgehead atoms. The Hall–Kier alpha value is -3.00. The van der Waals surface area contributed by atoms with Crippen LogP contribution >= 0.6 is 12.2 Å². The standard InChI is InChI=1S/C18H18N4O3S/c1-3-14-16(23)22(17(26)20-14)13-9-10-15(19-11-13)25-18(24)21(2)12-7-5-4-6-8-12/h4-11,14H,3H2,1-2H3,(H,20,26). The van der Waals surface area contributed by atoms with Crippen molar-refractivity contribution < 1.29 is 14.3 Å². The van der Waals surface area contributed by atoms with Gasteiger partial charge in [0.05, 0.1) is 11.9 Å². The second-order valence-electron chi connectivity index (χ2n) is 5.70. The third-order valence-corrected chi connectivity index (χ3v) is 4.32. The third kappa shape index (κ3) is 3.50.